The zero-order valence-electron chi connectivity index (χ0n) is 8.04. The third-order valence-corrected chi connectivity index (χ3v) is 2.26. The average molecular weight is 171 g/mol. The highest BCUT2D eigenvalue weighted by molar-refractivity contribution is 5.79. The van der Waals surface area contributed by atoms with E-state index in [4.69, 9.17) is 0 Å². The summed E-state index contributed by atoms with van der Waals surface area (Å²) >= 11 is 0. The first-order valence-electron chi connectivity index (χ1n) is 4.66. The van der Waals surface area contributed by atoms with Gasteiger partial charge >= 0.3 is 0 Å². The summed E-state index contributed by atoms with van der Waals surface area (Å²) in [6.45, 7) is 4.23. The third-order valence-electron chi connectivity index (χ3n) is 2.26. The van der Waals surface area contributed by atoms with Gasteiger partial charge in [-0.2, -0.15) is 0 Å². The number of hydrogen-bond acceptors (Lipinski definition) is 1. The van der Waals surface area contributed by atoms with Crippen molar-refractivity contribution in [2.24, 2.45) is 0 Å². The minimum Gasteiger partial charge on any atom is -0.253 e. The van der Waals surface area contributed by atoms with E-state index in [9.17, 15) is 0 Å². The molecule has 2 rings (SSSR count). The maximum atomic E-state index is 4.53. The van der Waals surface area contributed by atoms with Crippen LogP contribution >= 0.6 is 0 Å². The lowest BCUT2D eigenvalue weighted by Gasteiger charge is -2.00. The quantitative estimate of drug-likeness (QED) is 0.642. The van der Waals surface area contributed by atoms with Gasteiger partial charge in [0.15, 0.2) is 0 Å². The largest absolute Gasteiger partial charge is 0.253 e. The molecule has 0 bridgehead atoms. The minimum absolute atomic E-state index is 1.00. The van der Waals surface area contributed by atoms with Crippen LogP contribution in [0.25, 0.3) is 10.9 Å². The van der Waals surface area contributed by atoms with Gasteiger partial charge in [0.1, 0.15) is 0 Å². The van der Waals surface area contributed by atoms with Crippen molar-refractivity contribution in [2.75, 3.05) is 0 Å². The molecule has 0 saturated carbocycles. The van der Waals surface area contributed by atoms with Crippen LogP contribution in [-0.2, 0) is 6.42 Å². The summed E-state index contributed by atoms with van der Waals surface area (Å²) < 4.78 is 0. The lowest BCUT2D eigenvalue weighted by Crippen LogP contribution is -1.87. The number of rotatable bonds is 1. The fourth-order valence-electron chi connectivity index (χ4n) is 1.48. The smallest absolute Gasteiger partial charge is 0.0705 e. The van der Waals surface area contributed by atoms with E-state index >= 15 is 0 Å². The molecule has 0 atom stereocenters. The van der Waals surface area contributed by atoms with Crippen LogP contribution in [0.4, 0.5) is 0 Å². The van der Waals surface area contributed by atoms with Crippen LogP contribution in [0.1, 0.15) is 18.2 Å². The van der Waals surface area contributed by atoms with Crippen molar-refractivity contribution < 1.29 is 0 Å². The van der Waals surface area contributed by atoms with Gasteiger partial charge in [-0.15, -0.1) is 0 Å². The molecule has 1 heteroatoms. The Morgan fingerprint density at radius 1 is 1.15 bits per heavy atom. The zero-order chi connectivity index (χ0) is 9.26. The first-order chi connectivity index (χ1) is 6.29. The molecule has 1 heterocycles. The van der Waals surface area contributed by atoms with Crippen LogP contribution in [0.3, 0.4) is 0 Å². The van der Waals surface area contributed by atoms with Crippen molar-refractivity contribution in [3.63, 3.8) is 0 Å². The molecule has 0 aliphatic heterocycles. The summed E-state index contributed by atoms with van der Waals surface area (Å²) in [4.78, 5) is 4.53. The summed E-state index contributed by atoms with van der Waals surface area (Å²) in [5.74, 6) is 0. The second-order valence-electron chi connectivity index (χ2n) is 3.35. The lowest BCUT2D eigenvalue weighted by molar-refractivity contribution is 1.06. The van der Waals surface area contributed by atoms with E-state index in [-0.39, 0.29) is 0 Å². The zero-order valence-corrected chi connectivity index (χ0v) is 8.04. The van der Waals surface area contributed by atoms with Crippen LogP contribution in [0, 0.1) is 6.92 Å². The molecule has 66 valence electrons. The monoisotopic (exact) mass is 171 g/mol. The molecule has 0 radical (unpaired) electrons. The van der Waals surface area contributed by atoms with Gasteiger partial charge in [0, 0.05) is 11.1 Å². The van der Waals surface area contributed by atoms with E-state index < -0.39 is 0 Å². The molecule has 13 heavy (non-hydrogen) atoms. The van der Waals surface area contributed by atoms with Crippen molar-refractivity contribution >= 4 is 10.9 Å². The number of pyridine rings is 1. The number of aromatic nitrogens is 1. The van der Waals surface area contributed by atoms with Crippen LogP contribution in [0.15, 0.2) is 30.3 Å². The van der Waals surface area contributed by atoms with E-state index in [0.717, 1.165) is 17.6 Å². The Hall–Kier alpha value is -1.37. The summed E-state index contributed by atoms with van der Waals surface area (Å²) in [5.41, 5.74) is 3.56. The van der Waals surface area contributed by atoms with Crippen molar-refractivity contribution in [3.05, 3.63) is 41.6 Å². The van der Waals surface area contributed by atoms with Crippen molar-refractivity contribution in [1.29, 1.82) is 0 Å². The predicted molar refractivity (Wildman–Crippen MR) is 55.9 cm³/mol. The van der Waals surface area contributed by atoms with E-state index in [1.54, 1.807) is 0 Å². The van der Waals surface area contributed by atoms with E-state index in [1.165, 1.54) is 10.9 Å². The number of aryl methyl sites for hydroxylation is 2. The Bertz CT molecular complexity index is 432. The molecular weight excluding hydrogens is 158 g/mol. The van der Waals surface area contributed by atoms with E-state index in [2.05, 4.69) is 49.2 Å². The molecule has 0 fully saturated rings. The van der Waals surface area contributed by atoms with Crippen LogP contribution in [0.5, 0.6) is 0 Å². The molecule has 1 nitrogen and oxygen atoms in total. The standard InChI is InChI=1S/C12H13N/c1-3-11-6-5-10-8-9(2)4-7-12(10)13-11/h4-8H,3H2,1-2H3. The van der Waals surface area contributed by atoms with Gasteiger partial charge in [-0.05, 0) is 31.5 Å². The van der Waals surface area contributed by atoms with Gasteiger partial charge in [0.25, 0.3) is 0 Å². The summed E-state index contributed by atoms with van der Waals surface area (Å²) in [5, 5.41) is 1.23. The first kappa shape index (κ1) is 8.24. The number of hydrogen-bond donors (Lipinski definition) is 0. The molecule has 0 aliphatic carbocycles. The summed E-state index contributed by atoms with van der Waals surface area (Å²) in [6.07, 6.45) is 1.00. The summed E-state index contributed by atoms with van der Waals surface area (Å²) in [7, 11) is 0. The minimum atomic E-state index is 1.00. The molecule has 1 aromatic heterocycles. The van der Waals surface area contributed by atoms with Crippen molar-refractivity contribution in [2.45, 2.75) is 20.3 Å². The Morgan fingerprint density at radius 2 is 2.00 bits per heavy atom. The maximum absolute atomic E-state index is 4.53. The number of fused-ring (bicyclic) bond motifs is 1. The van der Waals surface area contributed by atoms with Gasteiger partial charge in [0.2, 0.25) is 0 Å². The van der Waals surface area contributed by atoms with Gasteiger partial charge in [-0.1, -0.05) is 24.6 Å². The molecule has 0 N–H and O–H groups in total. The Labute approximate surface area is 78.4 Å². The molecule has 0 unspecified atom stereocenters. The number of nitrogens with zero attached hydrogens (tertiary/aromatic N) is 1. The second-order valence-corrected chi connectivity index (χ2v) is 3.35. The van der Waals surface area contributed by atoms with Gasteiger partial charge < -0.3 is 0 Å². The normalized spacial score (nSPS) is 10.6. The highest BCUT2D eigenvalue weighted by atomic mass is 14.7. The molecule has 2 aromatic rings. The van der Waals surface area contributed by atoms with Gasteiger partial charge in [-0.25, -0.2) is 0 Å². The Morgan fingerprint density at radius 3 is 2.77 bits per heavy atom. The van der Waals surface area contributed by atoms with Crippen molar-refractivity contribution in [1.82, 2.24) is 4.98 Å². The molecule has 0 saturated heterocycles. The molecule has 0 spiro atoms. The van der Waals surface area contributed by atoms with Crippen LogP contribution < -0.4 is 0 Å². The SMILES string of the molecule is CCc1ccc2cc(C)ccc2n1. The van der Waals surface area contributed by atoms with Gasteiger partial charge in [-0.3, -0.25) is 4.98 Å². The van der Waals surface area contributed by atoms with Gasteiger partial charge in [0.05, 0.1) is 5.52 Å². The molecule has 0 amide bonds. The molecule has 1 aromatic carbocycles. The Balaban J connectivity index is 2.66. The fourth-order valence-corrected chi connectivity index (χ4v) is 1.48. The van der Waals surface area contributed by atoms with Crippen LogP contribution in [0.2, 0.25) is 0 Å². The summed E-state index contributed by atoms with van der Waals surface area (Å²) in [6, 6.07) is 10.6. The van der Waals surface area contributed by atoms with Crippen LogP contribution in [-0.4, -0.2) is 4.98 Å². The first-order valence-corrected chi connectivity index (χ1v) is 4.66. The topological polar surface area (TPSA) is 12.9 Å². The highest BCUT2D eigenvalue weighted by Gasteiger charge is 1.96. The maximum Gasteiger partial charge on any atom is 0.0705 e. The van der Waals surface area contributed by atoms with Crippen molar-refractivity contribution in [3.8, 4) is 0 Å². The lowest BCUT2D eigenvalue weighted by atomic mass is 10.1. The Kier molecular flexibility index (Phi) is 2.01. The number of benzene rings is 1. The average Bonchev–Trinajstić information content (AvgIpc) is 2.17. The third kappa shape index (κ3) is 1.55. The molecular formula is C12H13N. The fraction of sp³-hybridized carbons (Fsp3) is 0.250. The van der Waals surface area contributed by atoms with E-state index in [1.807, 2.05) is 0 Å². The second kappa shape index (κ2) is 3.17. The van der Waals surface area contributed by atoms with E-state index in [0.29, 0.717) is 0 Å². The predicted octanol–water partition coefficient (Wildman–Crippen LogP) is 3.11. The highest BCUT2D eigenvalue weighted by Crippen LogP contribution is 2.14. The molecule has 0 aliphatic rings.